The van der Waals surface area contributed by atoms with Crippen LogP contribution >= 0.6 is 0 Å². The minimum Gasteiger partial charge on any atom is -0.444 e. The van der Waals surface area contributed by atoms with Crippen molar-refractivity contribution in [1.29, 1.82) is 0 Å². The Bertz CT molecular complexity index is 1220. The van der Waals surface area contributed by atoms with E-state index in [0.717, 1.165) is 0 Å². The molecule has 14 heteroatoms. The van der Waals surface area contributed by atoms with Crippen LogP contribution in [-0.2, 0) is 32.1 Å². The molecule has 0 bridgehead atoms. The standard InChI is InChI=1S/C28H41BFN5O7/c1-27(2,3)22(32-25(38)33-28(4,5)6)24(37)35-14-17(12-20(35)23(36)31-21-10-11-41-29(21)40)42-26(39)34-13-16-8-7-9-19(30)18(16)15-34/h7-9,17,20-22,40H,10-15H2,1-6H3,(H,31,36)(H2,32,33,38)/t17-,20+,21?,22-/m1/s1. The third-order valence-corrected chi connectivity index (χ3v) is 7.57. The zero-order valence-corrected chi connectivity index (χ0v) is 25.0. The molecule has 5 amide bonds. The van der Waals surface area contributed by atoms with Gasteiger partial charge in [-0.3, -0.25) is 14.5 Å². The summed E-state index contributed by atoms with van der Waals surface area (Å²) in [5, 5.41) is 18.4. The lowest BCUT2D eigenvalue weighted by Gasteiger charge is -2.36. The lowest BCUT2D eigenvalue weighted by molar-refractivity contribution is -0.142. The maximum atomic E-state index is 14.2. The minimum atomic E-state index is -1.17. The second-order valence-electron chi connectivity index (χ2n) is 13.3. The van der Waals surface area contributed by atoms with Gasteiger partial charge < -0.3 is 35.3 Å². The van der Waals surface area contributed by atoms with E-state index in [1.165, 1.54) is 15.9 Å². The maximum absolute atomic E-state index is 14.2. The van der Waals surface area contributed by atoms with Crippen molar-refractivity contribution in [3.05, 3.63) is 35.1 Å². The zero-order valence-electron chi connectivity index (χ0n) is 25.0. The fourth-order valence-corrected chi connectivity index (χ4v) is 5.42. The number of benzene rings is 1. The van der Waals surface area contributed by atoms with Gasteiger partial charge in [0.05, 0.1) is 19.0 Å². The van der Waals surface area contributed by atoms with Crippen LogP contribution in [0.25, 0.3) is 0 Å². The van der Waals surface area contributed by atoms with Gasteiger partial charge in [0.25, 0.3) is 0 Å². The van der Waals surface area contributed by atoms with Crippen molar-refractivity contribution in [2.45, 2.75) is 97.1 Å². The van der Waals surface area contributed by atoms with Gasteiger partial charge in [0.2, 0.25) is 11.8 Å². The molecule has 4 atom stereocenters. The van der Waals surface area contributed by atoms with Gasteiger partial charge in [0, 0.05) is 30.7 Å². The highest BCUT2D eigenvalue weighted by Crippen LogP contribution is 2.30. The Morgan fingerprint density at radius 1 is 1.14 bits per heavy atom. The topological polar surface area (TPSA) is 150 Å². The molecule has 3 aliphatic heterocycles. The lowest BCUT2D eigenvalue weighted by atomic mass is 9.80. The summed E-state index contributed by atoms with van der Waals surface area (Å²) in [7, 11) is -1.17. The molecule has 3 heterocycles. The molecule has 0 spiro atoms. The third-order valence-electron chi connectivity index (χ3n) is 7.57. The maximum Gasteiger partial charge on any atom is 0.478 e. The molecule has 1 aromatic rings. The zero-order chi connectivity index (χ0) is 31.0. The van der Waals surface area contributed by atoms with E-state index >= 15 is 0 Å². The summed E-state index contributed by atoms with van der Waals surface area (Å²) in [6.07, 6.45) is -1.11. The summed E-state index contributed by atoms with van der Waals surface area (Å²) in [6, 6.07) is 2.09. The third kappa shape index (κ3) is 7.33. The van der Waals surface area contributed by atoms with Crippen molar-refractivity contribution in [2.75, 3.05) is 13.2 Å². The number of hydrogen-bond donors (Lipinski definition) is 4. The number of fused-ring (bicyclic) bond motifs is 1. The van der Waals surface area contributed by atoms with E-state index in [-0.39, 0.29) is 32.7 Å². The van der Waals surface area contributed by atoms with Crippen LogP contribution in [0.4, 0.5) is 14.0 Å². The van der Waals surface area contributed by atoms with Crippen molar-refractivity contribution >= 4 is 31.1 Å². The molecule has 2 saturated heterocycles. The first-order valence-electron chi connectivity index (χ1n) is 14.2. The average Bonchev–Trinajstić information content (AvgIpc) is 3.59. The van der Waals surface area contributed by atoms with Crippen LogP contribution < -0.4 is 16.0 Å². The van der Waals surface area contributed by atoms with Gasteiger partial charge in [-0.05, 0) is 44.2 Å². The van der Waals surface area contributed by atoms with Gasteiger partial charge >= 0.3 is 19.2 Å². The highest BCUT2D eigenvalue weighted by molar-refractivity contribution is 6.46. The predicted octanol–water partition coefficient (Wildman–Crippen LogP) is 1.68. The van der Waals surface area contributed by atoms with E-state index in [2.05, 4.69) is 16.0 Å². The van der Waals surface area contributed by atoms with Crippen LogP contribution in [0.5, 0.6) is 0 Å². The second-order valence-corrected chi connectivity index (χ2v) is 13.3. The number of amides is 5. The fourth-order valence-electron chi connectivity index (χ4n) is 5.42. The summed E-state index contributed by atoms with van der Waals surface area (Å²) in [6.45, 7) is 11.3. The Kier molecular flexibility index (Phi) is 9.07. The van der Waals surface area contributed by atoms with E-state index in [0.29, 0.717) is 17.5 Å². The van der Waals surface area contributed by atoms with E-state index < -0.39 is 72.0 Å². The molecule has 2 fully saturated rings. The van der Waals surface area contributed by atoms with Crippen LogP contribution in [0, 0.1) is 11.2 Å². The molecule has 0 saturated carbocycles. The van der Waals surface area contributed by atoms with Crippen molar-refractivity contribution in [2.24, 2.45) is 5.41 Å². The number of urea groups is 1. The molecule has 1 aromatic carbocycles. The number of ether oxygens (including phenoxy) is 1. The van der Waals surface area contributed by atoms with Crippen molar-refractivity contribution in [1.82, 2.24) is 25.8 Å². The number of carbonyl (C=O) groups excluding carboxylic acids is 4. The van der Waals surface area contributed by atoms with Crippen LogP contribution in [0.2, 0.25) is 0 Å². The summed E-state index contributed by atoms with van der Waals surface area (Å²) in [5.74, 6) is -2.09. The molecule has 3 aliphatic rings. The van der Waals surface area contributed by atoms with Gasteiger partial charge in [-0.1, -0.05) is 32.9 Å². The summed E-state index contributed by atoms with van der Waals surface area (Å²) in [5.41, 5.74) is -0.159. The molecule has 0 aliphatic carbocycles. The van der Waals surface area contributed by atoms with Crippen LogP contribution in [0.3, 0.4) is 0 Å². The van der Waals surface area contributed by atoms with Crippen molar-refractivity contribution in [3.8, 4) is 0 Å². The first kappa shape index (κ1) is 31.5. The minimum absolute atomic E-state index is 0.00713. The summed E-state index contributed by atoms with van der Waals surface area (Å²) >= 11 is 0. The van der Waals surface area contributed by atoms with E-state index in [1.807, 2.05) is 20.8 Å². The van der Waals surface area contributed by atoms with Crippen molar-refractivity contribution < 1.29 is 38.0 Å². The number of likely N-dealkylation sites (tertiary alicyclic amines) is 1. The molecule has 230 valence electrons. The smallest absolute Gasteiger partial charge is 0.444 e. The van der Waals surface area contributed by atoms with E-state index in [4.69, 9.17) is 9.39 Å². The lowest BCUT2D eigenvalue weighted by Crippen LogP contribution is -2.61. The normalized spacial score (nSPS) is 23.0. The summed E-state index contributed by atoms with van der Waals surface area (Å²) < 4.78 is 25.1. The second kappa shape index (κ2) is 12.1. The molecule has 12 nitrogen and oxygen atoms in total. The fraction of sp³-hybridized carbons (Fsp3) is 0.643. The van der Waals surface area contributed by atoms with Crippen LogP contribution in [0.1, 0.15) is 65.5 Å². The molecule has 42 heavy (non-hydrogen) atoms. The molecule has 1 unspecified atom stereocenters. The molecule has 4 rings (SSSR count). The Labute approximate surface area is 245 Å². The Balaban J connectivity index is 1.52. The van der Waals surface area contributed by atoms with Crippen molar-refractivity contribution in [3.63, 3.8) is 0 Å². The SMILES string of the molecule is CC(C)(C)NC(=O)N[C@H](C(=O)N1C[C@H](OC(=O)N2Cc3cccc(F)c3C2)C[C@H]1C(=O)NC1CCOB1O)C(C)(C)C. The Hall–Kier alpha value is -3.39. The number of carbonyl (C=O) groups is 4. The van der Waals surface area contributed by atoms with Gasteiger partial charge in [-0.2, -0.15) is 0 Å². The molecule has 0 aromatic heterocycles. The number of hydrogen-bond acceptors (Lipinski definition) is 7. The monoisotopic (exact) mass is 589 g/mol. The van der Waals surface area contributed by atoms with Gasteiger partial charge in [-0.15, -0.1) is 0 Å². The van der Waals surface area contributed by atoms with Crippen LogP contribution in [-0.4, -0.2) is 88.7 Å². The number of nitrogens with zero attached hydrogens (tertiary/aromatic N) is 2. The number of nitrogens with one attached hydrogen (secondary N) is 3. The highest BCUT2D eigenvalue weighted by atomic mass is 19.1. The average molecular weight is 589 g/mol. The molecule has 0 radical (unpaired) electrons. The quantitative estimate of drug-likeness (QED) is 0.382. The summed E-state index contributed by atoms with van der Waals surface area (Å²) in [4.78, 5) is 56.0. The first-order chi connectivity index (χ1) is 19.5. The van der Waals surface area contributed by atoms with E-state index in [1.54, 1.807) is 32.9 Å². The Morgan fingerprint density at radius 2 is 1.86 bits per heavy atom. The largest absolute Gasteiger partial charge is 0.478 e. The van der Waals surface area contributed by atoms with Gasteiger partial charge in [0.15, 0.2) is 0 Å². The number of rotatable bonds is 5. The molecular weight excluding hydrogens is 548 g/mol. The first-order valence-corrected chi connectivity index (χ1v) is 14.2. The Morgan fingerprint density at radius 3 is 2.45 bits per heavy atom. The van der Waals surface area contributed by atoms with E-state index in [9.17, 15) is 28.6 Å². The van der Waals surface area contributed by atoms with Crippen LogP contribution in [0.15, 0.2) is 18.2 Å². The van der Waals surface area contributed by atoms with Gasteiger partial charge in [-0.25, -0.2) is 14.0 Å². The molecular formula is C28H41BFN5O7. The number of halogens is 1. The van der Waals surface area contributed by atoms with Gasteiger partial charge in [0.1, 0.15) is 24.0 Å². The molecule has 4 N–H and O–H groups in total. The predicted molar refractivity (Wildman–Crippen MR) is 151 cm³/mol. The highest BCUT2D eigenvalue weighted by Gasteiger charge is 2.47.